The molecule has 0 radical (unpaired) electrons. The maximum Gasteiger partial charge on any atom is 0.407 e. The second kappa shape index (κ2) is 11.1. The van der Waals surface area contributed by atoms with Gasteiger partial charge in [-0.3, -0.25) is 0 Å². The Labute approximate surface area is 215 Å². The number of alkyl carbamates (subject to hydrolysis) is 1. The molecule has 2 atom stereocenters. The molecule has 1 amide bonds. The highest BCUT2D eigenvalue weighted by atomic mass is 16.6. The molecule has 1 aliphatic carbocycles. The summed E-state index contributed by atoms with van der Waals surface area (Å²) in [6, 6.07) is 32.6. The molecule has 0 fully saturated rings. The molecule has 0 heterocycles. The maximum atomic E-state index is 13.0. The molecular formula is C31H27NO5. The van der Waals surface area contributed by atoms with Gasteiger partial charge in [0.15, 0.2) is 6.04 Å². The van der Waals surface area contributed by atoms with Gasteiger partial charge >= 0.3 is 12.1 Å². The SMILES string of the molecule is O=C(N[C@H](C(=O)OCc1ccccc1)[C@H](O)c1ccccc1)OCC1c2ccccc2-c2ccccc21. The number of aliphatic hydroxyl groups is 1. The number of amides is 1. The third-order valence-electron chi connectivity index (χ3n) is 6.55. The van der Waals surface area contributed by atoms with Crippen LogP contribution in [0.4, 0.5) is 4.79 Å². The summed E-state index contributed by atoms with van der Waals surface area (Å²) >= 11 is 0. The summed E-state index contributed by atoms with van der Waals surface area (Å²) < 4.78 is 11.0. The Morgan fingerprint density at radius 2 is 1.27 bits per heavy atom. The smallest absolute Gasteiger partial charge is 0.407 e. The molecule has 0 unspecified atom stereocenters. The third kappa shape index (κ3) is 5.39. The summed E-state index contributed by atoms with van der Waals surface area (Å²) in [6.07, 6.45) is -2.12. The van der Waals surface area contributed by atoms with Gasteiger partial charge in [-0.1, -0.05) is 109 Å². The average Bonchev–Trinajstić information content (AvgIpc) is 3.28. The van der Waals surface area contributed by atoms with Crippen LogP contribution >= 0.6 is 0 Å². The summed E-state index contributed by atoms with van der Waals surface area (Å²) in [5.74, 6) is -0.880. The second-order valence-corrected chi connectivity index (χ2v) is 8.90. The quantitative estimate of drug-likeness (QED) is 0.322. The second-order valence-electron chi connectivity index (χ2n) is 8.90. The summed E-state index contributed by atoms with van der Waals surface area (Å²) in [4.78, 5) is 25.9. The topological polar surface area (TPSA) is 84.9 Å². The van der Waals surface area contributed by atoms with Crippen molar-refractivity contribution in [2.24, 2.45) is 0 Å². The minimum atomic E-state index is -1.35. The molecule has 0 aliphatic heterocycles. The molecule has 0 saturated carbocycles. The number of hydrogen-bond donors (Lipinski definition) is 2. The number of esters is 1. The molecule has 0 spiro atoms. The van der Waals surface area contributed by atoms with E-state index in [9.17, 15) is 14.7 Å². The van der Waals surface area contributed by atoms with E-state index in [-0.39, 0.29) is 19.1 Å². The number of hydrogen-bond acceptors (Lipinski definition) is 5. The normalized spacial score (nSPS) is 13.6. The average molecular weight is 494 g/mol. The zero-order valence-corrected chi connectivity index (χ0v) is 20.1. The van der Waals surface area contributed by atoms with Gasteiger partial charge in [-0.2, -0.15) is 0 Å². The molecular weight excluding hydrogens is 466 g/mol. The van der Waals surface area contributed by atoms with Crippen LogP contribution in [-0.4, -0.2) is 29.8 Å². The number of carbonyl (C=O) groups is 2. The van der Waals surface area contributed by atoms with Gasteiger partial charge in [-0.25, -0.2) is 9.59 Å². The van der Waals surface area contributed by atoms with Crippen LogP contribution in [0.25, 0.3) is 11.1 Å². The fourth-order valence-corrected chi connectivity index (χ4v) is 4.69. The van der Waals surface area contributed by atoms with Gasteiger partial charge in [-0.15, -0.1) is 0 Å². The van der Waals surface area contributed by atoms with Crippen molar-refractivity contribution in [1.29, 1.82) is 0 Å². The van der Waals surface area contributed by atoms with Crippen LogP contribution in [0.15, 0.2) is 109 Å². The molecule has 0 saturated heterocycles. The first-order chi connectivity index (χ1) is 18.1. The number of aliphatic hydroxyl groups excluding tert-OH is 1. The molecule has 186 valence electrons. The van der Waals surface area contributed by atoms with E-state index in [1.165, 1.54) is 0 Å². The molecule has 4 aromatic rings. The van der Waals surface area contributed by atoms with Crippen LogP contribution in [0.1, 0.15) is 34.3 Å². The molecule has 2 N–H and O–H groups in total. The number of nitrogens with one attached hydrogen (secondary N) is 1. The van der Waals surface area contributed by atoms with Crippen molar-refractivity contribution in [3.63, 3.8) is 0 Å². The molecule has 6 heteroatoms. The van der Waals surface area contributed by atoms with Crippen molar-refractivity contribution in [2.75, 3.05) is 6.61 Å². The number of carbonyl (C=O) groups excluding carboxylic acids is 2. The number of fused-ring (bicyclic) bond motifs is 3. The van der Waals surface area contributed by atoms with Gasteiger partial charge in [0.25, 0.3) is 0 Å². The van der Waals surface area contributed by atoms with Crippen molar-refractivity contribution in [3.8, 4) is 11.1 Å². The Morgan fingerprint density at radius 1 is 0.730 bits per heavy atom. The van der Waals surface area contributed by atoms with E-state index in [4.69, 9.17) is 9.47 Å². The van der Waals surface area contributed by atoms with E-state index in [0.717, 1.165) is 27.8 Å². The fraction of sp³-hybridized carbons (Fsp3) is 0.161. The van der Waals surface area contributed by atoms with Crippen LogP contribution in [0, 0.1) is 0 Å². The molecule has 6 nitrogen and oxygen atoms in total. The standard InChI is InChI=1S/C31H27NO5/c33-29(22-13-5-2-6-14-22)28(30(34)36-19-21-11-3-1-4-12-21)32-31(35)37-20-27-25-17-9-7-15-23(25)24-16-8-10-18-26(24)27/h1-18,27-29,33H,19-20H2,(H,32,35)/t28-,29+/m0/s1. The highest BCUT2D eigenvalue weighted by Gasteiger charge is 2.33. The molecule has 5 rings (SSSR count). The van der Waals surface area contributed by atoms with Crippen molar-refractivity contribution in [1.82, 2.24) is 5.32 Å². The van der Waals surface area contributed by atoms with E-state index in [1.54, 1.807) is 30.3 Å². The predicted molar refractivity (Wildman–Crippen MR) is 140 cm³/mol. The van der Waals surface area contributed by atoms with Crippen molar-refractivity contribution >= 4 is 12.1 Å². The minimum Gasteiger partial charge on any atom is -0.459 e. The third-order valence-corrected chi connectivity index (χ3v) is 6.55. The van der Waals surface area contributed by atoms with Gasteiger partial charge in [0.05, 0.1) is 0 Å². The lowest BCUT2D eigenvalue weighted by molar-refractivity contribution is -0.150. The Balaban J connectivity index is 1.29. The van der Waals surface area contributed by atoms with Gasteiger partial charge < -0.3 is 19.9 Å². The lowest BCUT2D eigenvalue weighted by atomic mass is 9.98. The first kappa shape index (κ1) is 24.3. The summed E-state index contributed by atoms with van der Waals surface area (Å²) in [6.45, 7) is 0.108. The molecule has 0 aromatic heterocycles. The lowest BCUT2D eigenvalue weighted by Crippen LogP contribution is -2.46. The zero-order chi connectivity index (χ0) is 25.6. The molecule has 1 aliphatic rings. The molecule has 37 heavy (non-hydrogen) atoms. The highest BCUT2D eigenvalue weighted by molar-refractivity contribution is 5.83. The summed E-state index contributed by atoms with van der Waals surface area (Å²) in [5, 5.41) is 13.5. The maximum absolute atomic E-state index is 13.0. The van der Waals surface area contributed by atoms with E-state index >= 15 is 0 Å². The predicted octanol–water partition coefficient (Wildman–Crippen LogP) is 5.37. The van der Waals surface area contributed by atoms with E-state index in [1.807, 2.05) is 66.7 Å². The van der Waals surface area contributed by atoms with Gasteiger partial charge in [0.2, 0.25) is 0 Å². The number of benzene rings is 4. The van der Waals surface area contributed by atoms with Crippen LogP contribution in [0.5, 0.6) is 0 Å². The van der Waals surface area contributed by atoms with Crippen LogP contribution < -0.4 is 5.32 Å². The van der Waals surface area contributed by atoms with Crippen molar-refractivity contribution < 1.29 is 24.2 Å². The highest BCUT2D eigenvalue weighted by Crippen LogP contribution is 2.44. The monoisotopic (exact) mass is 493 g/mol. The largest absolute Gasteiger partial charge is 0.459 e. The summed E-state index contributed by atoms with van der Waals surface area (Å²) in [7, 11) is 0. The van der Waals surface area contributed by atoms with Crippen LogP contribution in [0.2, 0.25) is 0 Å². The van der Waals surface area contributed by atoms with Gasteiger partial charge in [0.1, 0.15) is 19.3 Å². The van der Waals surface area contributed by atoms with Crippen LogP contribution in [-0.2, 0) is 20.9 Å². The fourth-order valence-electron chi connectivity index (χ4n) is 4.69. The van der Waals surface area contributed by atoms with Crippen LogP contribution in [0.3, 0.4) is 0 Å². The van der Waals surface area contributed by atoms with Crippen molar-refractivity contribution in [2.45, 2.75) is 24.7 Å². The van der Waals surface area contributed by atoms with E-state index < -0.39 is 24.2 Å². The minimum absolute atomic E-state index is 0.0179. The van der Waals surface area contributed by atoms with E-state index in [2.05, 4.69) is 17.4 Å². The Kier molecular flexibility index (Phi) is 7.28. The summed E-state index contributed by atoms with van der Waals surface area (Å²) in [5.41, 5.74) is 5.68. The Morgan fingerprint density at radius 3 is 1.89 bits per heavy atom. The van der Waals surface area contributed by atoms with Gasteiger partial charge in [-0.05, 0) is 33.4 Å². The first-order valence-corrected chi connectivity index (χ1v) is 12.2. The first-order valence-electron chi connectivity index (χ1n) is 12.2. The molecule has 0 bridgehead atoms. The van der Waals surface area contributed by atoms with Crippen molar-refractivity contribution in [3.05, 3.63) is 131 Å². The van der Waals surface area contributed by atoms with Gasteiger partial charge in [0, 0.05) is 5.92 Å². The zero-order valence-electron chi connectivity index (χ0n) is 20.1. The Bertz CT molecular complexity index is 1330. The molecule has 4 aromatic carbocycles. The van der Waals surface area contributed by atoms with E-state index in [0.29, 0.717) is 5.56 Å². The Hall–Kier alpha value is -4.42. The number of rotatable bonds is 8. The number of ether oxygens (including phenoxy) is 2. The lowest BCUT2D eigenvalue weighted by Gasteiger charge is -2.23.